The average molecular weight is 498 g/mol. The fraction of sp³-hybridized carbons (Fsp3) is 0.174. The predicted octanol–water partition coefficient (Wildman–Crippen LogP) is 3.39. The minimum atomic E-state index is -1.02. The molecule has 11 heteroatoms. The first kappa shape index (κ1) is 23.3. The summed E-state index contributed by atoms with van der Waals surface area (Å²) in [6.07, 6.45) is 3.73. The SMILES string of the molecule is COC(=O)c1c(NC(=O)C(=O)NN=Cc2ccccc2OC(=O)c2cccs2)sc2c1CCC2. The highest BCUT2D eigenvalue weighted by molar-refractivity contribution is 7.17. The molecule has 2 N–H and O–H groups in total. The second-order valence-corrected chi connectivity index (χ2v) is 9.16. The molecule has 2 aromatic heterocycles. The molecule has 0 bridgehead atoms. The third kappa shape index (κ3) is 5.05. The molecule has 174 valence electrons. The fourth-order valence-electron chi connectivity index (χ4n) is 3.41. The largest absolute Gasteiger partial charge is 0.465 e. The van der Waals surface area contributed by atoms with E-state index in [0.29, 0.717) is 16.0 Å². The summed E-state index contributed by atoms with van der Waals surface area (Å²) in [5.41, 5.74) is 3.72. The number of aryl methyl sites for hydroxylation is 1. The first-order valence-corrected chi connectivity index (χ1v) is 11.9. The van der Waals surface area contributed by atoms with Gasteiger partial charge in [-0.3, -0.25) is 9.59 Å². The van der Waals surface area contributed by atoms with Gasteiger partial charge < -0.3 is 14.8 Å². The van der Waals surface area contributed by atoms with Gasteiger partial charge in [-0.1, -0.05) is 18.2 Å². The lowest BCUT2D eigenvalue weighted by Gasteiger charge is -2.07. The zero-order valence-electron chi connectivity index (χ0n) is 18.0. The first-order valence-electron chi connectivity index (χ1n) is 10.2. The topological polar surface area (TPSA) is 123 Å². The van der Waals surface area contributed by atoms with Crippen molar-refractivity contribution in [2.24, 2.45) is 5.10 Å². The van der Waals surface area contributed by atoms with Crippen LogP contribution in [0, 0.1) is 0 Å². The highest BCUT2D eigenvalue weighted by Crippen LogP contribution is 2.39. The van der Waals surface area contributed by atoms with Crippen LogP contribution in [0.2, 0.25) is 0 Å². The van der Waals surface area contributed by atoms with E-state index in [2.05, 4.69) is 15.8 Å². The zero-order valence-corrected chi connectivity index (χ0v) is 19.6. The molecule has 0 radical (unpaired) electrons. The van der Waals surface area contributed by atoms with Crippen LogP contribution in [0.15, 0.2) is 46.9 Å². The van der Waals surface area contributed by atoms with Gasteiger partial charge in [-0.15, -0.1) is 22.7 Å². The molecule has 2 heterocycles. The van der Waals surface area contributed by atoms with Gasteiger partial charge in [-0.2, -0.15) is 5.10 Å². The Bertz CT molecular complexity index is 1280. The lowest BCUT2D eigenvalue weighted by Crippen LogP contribution is -2.32. The number of nitrogens with zero attached hydrogens (tertiary/aromatic N) is 1. The van der Waals surface area contributed by atoms with Crippen molar-refractivity contribution in [3.8, 4) is 5.75 Å². The molecule has 0 spiro atoms. The predicted molar refractivity (Wildman–Crippen MR) is 128 cm³/mol. The maximum atomic E-state index is 12.4. The summed E-state index contributed by atoms with van der Waals surface area (Å²) in [6.45, 7) is 0. The normalized spacial score (nSPS) is 12.3. The van der Waals surface area contributed by atoms with Crippen LogP contribution in [-0.4, -0.2) is 37.1 Å². The van der Waals surface area contributed by atoms with Crippen molar-refractivity contribution in [1.29, 1.82) is 0 Å². The summed E-state index contributed by atoms with van der Waals surface area (Å²) >= 11 is 2.52. The Morgan fingerprint density at radius 2 is 1.85 bits per heavy atom. The van der Waals surface area contributed by atoms with E-state index < -0.39 is 23.8 Å². The number of amides is 2. The molecule has 0 fully saturated rings. The molecule has 0 unspecified atom stereocenters. The van der Waals surface area contributed by atoms with E-state index >= 15 is 0 Å². The number of benzene rings is 1. The maximum absolute atomic E-state index is 12.4. The molecule has 1 aliphatic rings. The molecule has 4 rings (SSSR count). The molecule has 2 amide bonds. The quantitative estimate of drug-likeness (QED) is 0.177. The molecular weight excluding hydrogens is 478 g/mol. The van der Waals surface area contributed by atoms with Crippen LogP contribution in [0.3, 0.4) is 0 Å². The summed E-state index contributed by atoms with van der Waals surface area (Å²) in [5, 5.41) is 8.33. The summed E-state index contributed by atoms with van der Waals surface area (Å²) < 4.78 is 10.2. The second-order valence-electron chi connectivity index (χ2n) is 7.11. The Balaban J connectivity index is 1.40. The van der Waals surface area contributed by atoms with Gasteiger partial charge >= 0.3 is 23.8 Å². The van der Waals surface area contributed by atoms with Crippen molar-refractivity contribution >= 4 is 57.6 Å². The van der Waals surface area contributed by atoms with Gasteiger partial charge in [0.1, 0.15) is 15.6 Å². The van der Waals surface area contributed by atoms with Crippen LogP contribution in [0.1, 0.15) is 42.5 Å². The molecule has 0 aliphatic heterocycles. The number of fused-ring (bicyclic) bond motifs is 1. The number of thiophene rings is 2. The van der Waals surface area contributed by atoms with Gasteiger partial charge in [0, 0.05) is 10.4 Å². The van der Waals surface area contributed by atoms with Crippen molar-refractivity contribution in [2.45, 2.75) is 19.3 Å². The number of ether oxygens (including phenoxy) is 2. The van der Waals surface area contributed by atoms with Crippen LogP contribution in [0.25, 0.3) is 0 Å². The minimum Gasteiger partial charge on any atom is -0.465 e. The Kier molecular flexibility index (Phi) is 7.14. The number of hydrazone groups is 1. The molecule has 34 heavy (non-hydrogen) atoms. The molecule has 3 aromatic rings. The Labute approximate surface area is 202 Å². The Morgan fingerprint density at radius 1 is 1.03 bits per heavy atom. The number of anilines is 1. The van der Waals surface area contributed by atoms with Crippen molar-refractivity contribution in [3.05, 3.63) is 68.2 Å². The summed E-state index contributed by atoms with van der Waals surface area (Å²) in [5.74, 6) is -2.81. The van der Waals surface area contributed by atoms with Crippen molar-refractivity contribution in [1.82, 2.24) is 5.43 Å². The average Bonchev–Trinajstić information content (AvgIpc) is 3.57. The third-order valence-electron chi connectivity index (χ3n) is 4.96. The van der Waals surface area contributed by atoms with Crippen LogP contribution >= 0.6 is 22.7 Å². The molecule has 0 saturated carbocycles. The monoisotopic (exact) mass is 497 g/mol. The fourth-order valence-corrected chi connectivity index (χ4v) is 5.28. The van der Waals surface area contributed by atoms with Crippen molar-refractivity contribution in [3.63, 3.8) is 0 Å². The smallest absolute Gasteiger partial charge is 0.353 e. The van der Waals surface area contributed by atoms with E-state index in [0.717, 1.165) is 29.7 Å². The molecule has 1 aliphatic carbocycles. The molecule has 0 atom stereocenters. The number of nitrogens with one attached hydrogen (secondary N) is 2. The number of hydrogen-bond donors (Lipinski definition) is 2. The van der Waals surface area contributed by atoms with Gasteiger partial charge in [0.25, 0.3) is 0 Å². The van der Waals surface area contributed by atoms with Gasteiger partial charge in [-0.25, -0.2) is 15.0 Å². The van der Waals surface area contributed by atoms with E-state index in [-0.39, 0.29) is 10.8 Å². The number of para-hydroxylation sites is 1. The second kappa shape index (κ2) is 10.4. The molecule has 1 aromatic carbocycles. The van der Waals surface area contributed by atoms with Gasteiger partial charge in [-0.05, 0) is 48.4 Å². The number of hydrogen-bond acceptors (Lipinski definition) is 9. The lowest BCUT2D eigenvalue weighted by atomic mass is 10.1. The highest BCUT2D eigenvalue weighted by Gasteiger charge is 2.29. The van der Waals surface area contributed by atoms with E-state index in [4.69, 9.17) is 9.47 Å². The van der Waals surface area contributed by atoms with Crippen LogP contribution < -0.4 is 15.5 Å². The Morgan fingerprint density at radius 3 is 2.62 bits per heavy atom. The number of esters is 2. The molecule has 9 nitrogen and oxygen atoms in total. The van der Waals surface area contributed by atoms with Gasteiger partial charge in [0.2, 0.25) is 0 Å². The lowest BCUT2D eigenvalue weighted by molar-refractivity contribution is -0.136. The van der Waals surface area contributed by atoms with E-state index in [1.807, 2.05) is 0 Å². The summed E-state index contributed by atoms with van der Waals surface area (Å²) in [4.78, 5) is 50.5. The molecule has 0 saturated heterocycles. The highest BCUT2D eigenvalue weighted by atomic mass is 32.1. The summed E-state index contributed by atoms with van der Waals surface area (Å²) in [7, 11) is 1.27. The minimum absolute atomic E-state index is 0.249. The number of carbonyl (C=O) groups is 4. The van der Waals surface area contributed by atoms with Gasteiger partial charge in [0.15, 0.2) is 0 Å². The summed E-state index contributed by atoms with van der Waals surface area (Å²) in [6, 6.07) is 10.0. The van der Waals surface area contributed by atoms with Gasteiger partial charge in [0.05, 0.1) is 18.9 Å². The van der Waals surface area contributed by atoms with Crippen molar-refractivity contribution in [2.75, 3.05) is 12.4 Å². The van der Waals surface area contributed by atoms with E-state index in [1.54, 1.807) is 41.8 Å². The maximum Gasteiger partial charge on any atom is 0.353 e. The zero-order chi connectivity index (χ0) is 24.1. The van der Waals surface area contributed by atoms with E-state index in [9.17, 15) is 19.2 Å². The number of rotatable bonds is 6. The third-order valence-corrected chi connectivity index (χ3v) is 7.02. The van der Waals surface area contributed by atoms with Crippen LogP contribution in [0.5, 0.6) is 5.75 Å². The van der Waals surface area contributed by atoms with E-state index in [1.165, 1.54) is 36.0 Å². The standard InChI is InChI=1S/C23H19N3O6S2/c1-31-23(30)18-14-7-4-9-16(14)34-21(18)25-19(27)20(28)26-24-12-13-6-2-3-8-15(13)32-22(29)17-10-5-11-33-17/h2-3,5-6,8,10-12H,4,7,9H2,1H3,(H,25,27)(H,26,28). The van der Waals surface area contributed by atoms with Crippen LogP contribution in [0.4, 0.5) is 5.00 Å². The Hall–Kier alpha value is -3.83. The van der Waals surface area contributed by atoms with Crippen molar-refractivity contribution < 1.29 is 28.7 Å². The molecular formula is C23H19N3O6S2. The number of carbonyl (C=O) groups excluding carboxylic acids is 4. The first-order chi connectivity index (χ1) is 16.5. The van der Waals surface area contributed by atoms with Crippen LogP contribution in [-0.2, 0) is 27.2 Å². The number of methoxy groups -OCH3 is 1.